The number of halogens is 3. The third kappa shape index (κ3) is 5.72. The predicted molar refractivity (Wildman–Crippen MR) is 102 cm³/mol. The second kappa shape index (κ2) is 8.54. The molecule has 1 aromatic heterocycles. The van der Waals surface area contributed by atoms with Crippen LogP contribution < -0.4 is 15.0 Å². The van der Waals surface area contributed by atoms with Crippen molar-refractivity contribution in [3.8, 4) is 5.75 Å². The van der Waals surface area contributed by atoms with Gasteiger partial charge in [0.1, 0.15) is 23.7 Å². The zero-order chi connectivity index (χ0) is 21.0. The van der Waals surface area contributed by atoms with Crippen molar-refractivity contribution in [2.45, 2.75) is 19.6 Å². The number of hydrogen-bond acceptors (Lipinski definition) is 6. The number of nitrogens with zero attached hydrogens (tertiary/aromatic N) is 4. The lowest BCUT2D eigenvalue weighted by Gasteiger charge is -2.32. The standard InChI is InChI=1S/C19H22F3N5O2/c1-13-3-4-14(15(7-13)29-11-19(20,21)22)9-23-16-8-17(25-12-24-16)27-6-5-26(2)18(28)10-27/h3-4,7-8,12H,5-6,9-11H2,1-2H3,(H,23,24,25). The first-order valence-corrected chi connectivity index (χ1v) is 9.05. The number of rotatable bonds is 6. The van der Waals surface area contributed by atoms with Gasteiger partial charge in [-0.05, 0) is 18.6 Å². The number of alkyl halides is 3. The van der Waals surface area contributed by atoms with Gasteiger partial charge in [0.2, 0.25) is 5.91 Å². The van der Waals surface area contributed by atoms with E-state index in [2.05, 4.69) is 15.3 Å². The highest BCUT2D eigenvalue weighted by molar-refractivity contribution is 5.82. The molecule has 1 fully saturated rings. The van der Waals surface area contributed by atoms with E-state index in [-0.39, 0.29) is 24.7 Å². The number of piperazine rings is 1. The Morgan fingerprint density at radius 1 is 1.21 bits per heavy atom. The molecule has 1 aliphatic heterocycles. The average molecular weight is 409 g/mol. The Labute approximate surface area is 166 Å². The van der Waals surface area contributed by atoms with E-state index >= 15 is 0 Å². The van der Waals surface area contributed by atoms with Crippen LogP contribution in [0.1, 0.15) is 11.1 Å². The molecule has 0 unspecified atom stereocenters. The van der Waals surface area contributed by atoms with Crippen molar-refractivity contribution in [2.24, 2.45) is 0 Å². The number of aromatic nitrogens is 2. The average Bonchev–Trinajstić information content (AvgIpc) is 2.67. The van der Waals surface area contributed by atoms with E-state index in [0.717, 1.165) is 5.56 Å². The van der Waals surface area contributed by atoms with Gasteiger partial charge in [-0.1, -0.05) is 12.1 Å². The normalized spacial score (nSPS) is 14.9. The Hall–Kier alpha value is -3.04. The second-order valence-electron chi connectivity index (χ2n) is 6.87. The molecule has 0 spiro atoms. The van der Waals surface area contributed by atoms with Crippen LogP contribution in [0.25, 0.3) is 0 Å². The van der Waals surface area contributed by atoms with Gasteiger partial charge in [-0.15, -0.1) is 0 Å². The van der Waals surface area contributed by atoms with Gasteiger partial charge in [-0.3, -0.25) is 4.79 Å². The lowest BCUT2D eigenvalue weighted by Crippen LogP contribution is -2.48. The van der Waals surface area contributed by atoms with Crippen molar-refractivity contribution in [2.75, 3.05) is 43.5 Å². The van der Waals surface area contributed by atoms with Crippen molar-refractivity contribution < 1.29 is 22.7 Å². The summed E-state index contributed by atoms with van der Waals surface area (Å²) in [7, 11) is 1.76. The molecule has 7 nitrogen and oxygen atoms in total. The molecule has 2 aromatic rings. The summed E-state index contributed by atoms with van der Waals surface area (Å²) >= 11 is 0. The van der Waals surface area contributed by atoms with Crippen molar-refractivity contribution >= 4 is 17.5 Å². The van der Waals surface area contributed by atoms with Gasteiger partial charge in [0.15, 0.2) is 6.61 Å². The molecule has 1 N–H and O–H groups in total. The molecule has 3 rings (SSSR count). The highest BCUT2D eigenvalue weighted by Gasteiger charge is 2.29. The minimum Gasteiger partial charge on any atom is -0.484 e. The molecule has 10 heteroatoms. The van der Waals surface area contributed by atoms with Crippen LogP contribution in [0.5, 0.6) is 5.75 Å². The SMILES string of the molecule is Cc1ccc(CNc2cc(N3CCN(C)C(=O)C3)ncn2)c(OCC(F)(F)F)c1. The van der Waals surface area contributed by atoms with Crippen LogP contribution in [0.2, 0.25) is 0 Å². The fourth-order valence-electron chi connectivity index (χ4n) is 2.86. The van der Waals surface area contributed by atoms with Gasteiger partial charge in [0.05, 0.1) is 6.54 Å². The van der Waals surface area contributed by atoms with E-state index < -0.39 is 12.8 Å². The topological polar surface area (TPSA) is 70.6 Å². The van der Waals surface area contributed by atoms with Gasteiger partial charge >= 0.3 is 6.18 Å². The van der Waals surface area contributed by atoms with E-state index in [9.17, 15) is 18.0 Å². The maximum absolute atomic E-state index is 12.5. The largest absolute Gasteiger partial charge is 0.484 e. The van der Waals surface area contributed by atoms with Crippen molar-refractivity contribution in [1.82, 2.24) is 14.9 Å². The second-order valence-corrected chi connectivity index (χ2v) is 6.87. The molecule has 1 aliphatic rings. The summed E-state index contributed by atoms with van der Waals surface area (Å²) in [6.07, 6.45) is -3.02. The zero-order valence-corrected chi connectivity index (χ0v) is 16.2. The molecule has 1 amide bonds. The maximum Gasteiger partial charge on any atom is 0.422 e. The first-order valence-electron chi connectivity index (χ1n) is 9.05. The van der Waals surface area contributed by atoms with Gasteiger partial charge in [-0.2, -0.15) is 13.2 Å². The molecule has 1 aromatic carbocycles. The van der Waals surface area contributed by atoms with Crippen LogP contribution in [0.15, 0.2) is 30.6 Å². The Morgan fingerprint density at radius 3 is 2.72 bits per heavy atom. The van der Waals surface area contributed by atoms with Gasteiger partial charge in [0.25, 0.3) is 0 Å². The molecule has 0 saturated carbocycles. The first kappa shape index (κ1) is 20.7. The van der Waals surface area contributed by atoms with Crippen LogP contribution in [0, 0.1) is 6.92 Å². The fraction of sp³-hybridized carbons (Fsp3) is 0.421. The van der Waals surface area contributed by atoms with Gasteiger partial charge < -0.3 is 19.9 Å². The van der Waals surface area contributed by atoms with E-state index in [1.165, 1.54) is 6.33 Å². The van der Waals surface area contributed by atoms with Crippen molar-refractivity contribution in [1.29, 1.82) is 0 Å². The van der Waals surface area contributed by atoms with Crippen molar-refractivity contribution in [3.63, 3.8) is 0 Å². The predicted octanol–water partition coefficient (Wildman–Crippen LogP) is 2.62. The number of carbonyl (C=O) groups excluding carboxylic acids is 1. The number of ether oxygens (including phenoxy) is 1. The summed E-state index contributed by atoms with van der Waals surface area (Å²) in [6.45, 7) is 2.16. The summed E-state index contributed by atoms with van der Waals surface area (Å²) in [5.41, 5.74) is 1.38. The number of amides is 1. The summed E-state index contributed by atoms with van der Waals surface area (Å²) < 4.78 is 42.5. The van der Waals surface area contributed by atoms with Crippen LogP contribution in [0.4, 0.5) is 24.8 Å². The third-order valence-corrected chi connectivity index (χ3v) is 4.51. The Kier molecular flexibility index (Phi) is 6.09. The van der Waals surface area contributed by atoms with Crippen molar-refractivity contribution in [3.05, 3.63) is 41.7 Å². The molecule has 0 aliphatic carbocycles. The van der Waals surface area contributed by atoms with E-state index in [1.54, 1.807) is 43.1 Å². The van der Waals surface area contributed by atoms with Crippen LogP contribution in [-0.4, -0.2) is 60.2 Å². The molecule has 0 radical (unpaired) electrons. The summed E-state index contributed by atoms with van der Waals surface area (Å²) in [4.78, 5) is 23.8. The number of likely N-dealkylation sites (N-methyl/N-ethyl adjacent to an activating group) is 1. The highest BCUT2D eigenvalue weighted by Crippen LogP contribution is 2.25. The lowest BCUT2D eigenvalue weighted by molar-refractivity contribution is -0.153. The monoisotopic (exact) mass is 409 g/mol. The summed E-state index contributed by atoms with van der Waals surface area (Å²) in [6, 6.07) is 6.81. The number of anilines is 2. The number of hydrogen-bond donors (Lipinski definition) is 1. The number of benzene rings is 1. The first-order chi connectivity index (χ1) is 13.7. The molecular formula is C19H22F3N5O2. The Balaban J connectivity index is 1.68. The minimum atomic E-state index is -4.41. The smallest absolute Gasteiger partial charge is 0.422 e. The van der Waals surface area contributed by atoms with E-state index in [4.69, 9.17) is 4.74 Å². The van der Waals surface area contributed by atoms with Crippen LogP contribution in [0.3, 0.4) is 0 Å². The Morgan fingerprint density at radius 2 is 2.00 bits per heavy atom. The molecule has 29 heavy (non-hydrogen) atoms. The lowest BCUT2D eigenvalue weighted by atomic mass is 10.1. The zero-order valence-electron chi connectivity index (χ0n) is 16.2. The molecule has 0 atom stereocenters. The van der Waals surface area contributed by atoms with Gasteiger partial charge in [0, 0.05) is 38.3 Å². The van der Waals surface area contributed by atoms with Crippen LogP contribution in [-0.2, 0) is 11.3 Å². The van der Waals surface area contributed by atoms with E-state index in [1.807, 2.05) is 4.90 Å². The number of carbonyl (C=O) groups is 1. The number of aryl methyl sites for hydroxylation is 1. The molecule has 2 heterocycles. The maximum atomic E-state index is 12.5. The van der Waals surface area contributed by atoms with Crippen LogP contribution >= 0.6 is 0 Å². The van der Waals surface area contributed by atoms with E-state index in [0.29, 0.717) is 30.3 Å². The third-order valence-electron chi connectivity index (χ3n) is 4.51. The summed E-state index contributed by atoms with van der Waals surface area (Å²) in [5, 5.41) is 3.08. The minimum absolute atomic E-state index is 0.00971. The Bertz CT molecular complexity index is 875. The molecule has 156 valence electrons. The highest BCUT2D eigenvalue weighted by atomic mass is 19.4. The molecule has 1 saturated heterocycles. The summed E-state index contributed by atoms with van der Waals surface area (Å²) in [5.74, 6) is 1.30. The fourth-order valence-corrected chi connectivity index (χ4v) is 2.86. The molecular weight excluding hydrogens is 387 g/mol. The van der Waals surface area contributed by atoms with Gasteiger partial charge in [-0.25, -0.2) is 9.97 Å². The quantitative estimate of drug-likeness (QED) is 0.791. The molecule has 0 bridgehead atoms. The number of nitrogens with one attached hydrogen (secondary N) is 1.